The Labute approximate surface area is 147 Å². The number of urea groups is 1. The molecular weight excluding hydrogens is 319 g/mol. The summed E-state index contributed by atoms with van der Waals surface area (Å²) >= 11 is 0. The standard InChI is InChI=1S/C19H25FN4O/c1-23-13-17(12-22-23)10-16-7-9-24(14-16)19(25)21-8-3-5-15-4-2-6-18(20)11-15/h2,4,6,11-13,16H,3,5,7-10,14H2,1H3,(H,21,25). The molecule has 25 heavy (non-hydrogen) atoms. The first kappa shape index (κ1) is 17.5. The zero-order valence-electron chi connectivity index (χ0n) is 14.6. The zero-order chi connectivity index (χ0) is 17.6. The van der Waals surface area contributed by atoms with E-state index in [1.54, 1.807) is 12.1 Å². The first-order valence-corrected chi connectivity index (χ1v) is 8.85. The number of nitrogens with one attached hydrogen (secondary N) is 1. The second kappa shape index (κ2) is 8.14. The van der Waals surface area contributed by atoms with Crippen molar-refractivity contribution >= 4 is 6.03 Å². The van der Waals surface area contributed by atoms with Gasteiger partial charge in [-0.3, -0.25) is 4.68 Å². The van der Waals surface area contributed by atoms with E-state index in [0.29, 0.717) is 12.5 Å². The van der Waals surface area contributed by atoms with Crippen LogP contribution in [-0.2, 0) is 19.9 Å². The van der Waals surface area contributed by atoms with Gasteiger partial charge in [-0.1, -0.05) is 12.1 Å². The minimum Gasteiger partial charge on any atom is -0.338 e. The fourth-order valence-corrected chi connectivity index (χ4v) is 3.39. The van der Waals surface area contributed by atoms with E-state index in [0.717, 1.165) is 44.3 Å². The summed E-state index contributed by atoms with van der Waals surface area (Å²) in [5, 5.41) is 7.17. The van der Waals surface area contributed by atoms with E-state index in [1.165, 1.54) is 11.6 Å². The molecular formula is C19H25FN4O. The van der Waals surface area contributed by atoms with Crippen LogP contribution in [0.5, 0.6) is 0 Å². The van der Waals surface area contributed by atoms with Crippen molar-refractivity contribution < 1.29 is 9.18 Å². The molecule has 1 atom stereocenters. The monoisotopic (exact) mass is 344 g/mol. The van der Waals surface area contributed by atoms with Crippen molar-refractivity contribution in [3.8, 4) is 0 Å². The normalized spacial score (nSPS) is 17.0. The van der Waals surface area contributed by atoms with Gasteiger partial charge in [0.2, 0.25) is 0 Å². The van der Waals surface area contributed by atoms with Crippen LogP contribution in [-0.4, -0.2) is 40.3 Å². The molecule has 2 amide bonds. The summed E-state index contributed by atoms with van der Waals surface area (Å²) in [7, 11) is 1.92. The molecule has 3 rings (SSSR count). The van der Waals surface area contributed by atoms with Crippen molar-refractivity contribution in [2.45, 2.75) is 25.7 Å². The molecule has 1 unspecified atom stereocenters. The van der Waals surface area contributed by atoms with Crippen LogP contribution in [0.3, 0.4) is 0 Å². The van der Waals surface area contributed by atoms with Crippen LogP contribution in [0.4, 0.5) is 9.18 Å². The second-order valence-electron chi connectivity index (χ2n) is 6.79. The highest BCUT2D eigenvalue weighted by Gasteiger charge is 2.26. The summed E-state index contributed by atoms with van der Waals surface area (Å²) in [5.41, 5.74) is 2.19. The number of aromatic nitrogens is 2. The Morgan fingerprint density at radius 3 is 3.04 bits per heavy atom. The highest BCUT2D eigenvalue weighted by atomic mass is 19.1. The van der Waals surface area contributed by atoms with Crippen molar-refractivity contribution in [1.29, 1.82) is 0 Å². The molecule has 0 radical (unpaired) electrons. The molecule has 0 aliphatic carbocycles. The van der Waals surface area contributed by atoms with Crippen LogP contribution in [0, 0.1) is 11.7 Å². The second-order valence-corrected chi connectivity index (χ2v) is 6.79. The number of rotatable bonds is 6. The molecule has 1 aliphatic rings. The number of carbonyl (C=O) groups is 1. The number of carbonyl (C=O) groups excluding carboxylic acids is 1. The Bertz CT molecular complexity index is 715. The molecule has 2 aromatic rings. The van der Waals surface area contributed by atoms with Crippen molar-refractivity contribution in [2.24, 2.45) is 13.0 Å². The van der Waals surface area contributed by atoms with E-state index in [2.05, 4.69) is 10.4 Å². The van der Waals surface area contributed by atoms with Gasteiger partial charge in [0, 0.05) is 32.9 Å². The lowest BCUT2D eigenvalue weighted by Crippen LogP contribution is -2.39. The highest BCUT2D eigenvalue weighted by Crippen LogP contribution is 2.20. The number of hydrogen-bond acceptors (Lipinski definition) is 2. The summed E-state index contributed by atoms with van der Waals surface area (Å²) < 4.78 is 14.9. The summed E-state index contributed by atoms with van der Waals surface area (Å²) in [5.74, 6) is 0.292. The molecule has 1 aromatic heterocycles. The smallest absolute Gasteiger partial charge is 0.317 e. The first-order chi connectivity index (χ1) is 12.1. The maximum Gasteiger partial charge on any atom is 0.317 e. The fraction of sp³-hybridized carbons (Fsp3) is 0.474. The van der Waals surface area contributed by atoms with E-state index >= 15 is 0 Å². The van der Waals surface area contributed by atoms with Gasteiger partial charge in [-0.2, -0.15) is 5.10 Å². The maximum atomic E-state index is 13.1. The van der Waals surface area contributed by atoms with Gasteiger partial charge in [0.05, 0.1) is 6.20 Å². The topological polar surface area (TPSA) is 50.2 Å². The third kappa shape index (κ3) is 5.05. The summed E-state index contributed by atoms with van der Waals surface area (Å²) in [6, 6.07) is 6.63. The Morgan fingerprint density at radius 1 is 1.40 bits per heavy atom. The van der Waals surface area contributed by atoms with Gasteiger partial charge in [0.1, 0.15) is 5.82 Å². The van der Waals surface area contributed by atoms with Crippen LogP contribution in [0.15, 0.2) is 36.7 Å². The van der Waals surface area contributed by atoms with E-state index in [4.69, 9.17) is 0 Å². The van der Waals surface area contributed by atoms with E-state index in [9.17, 15) is 9.18 Å². The summed E-state index contributed by atoms with van der Waals surface area (Å²) in [6.07, 6.45) is 7.51. The van der Waals surface area contributed by atoms with Crippen molar-refractivity contribution in [1.82, 2.24) is 20.0 Å². The van der Waals surface area contributed by atoms with Crippen molar-refractivity contribution in [2.75, 3.05) is 19.6 Å². The SMILES string of the molecule is Cn1cc(CC2CCN(C(=O)NCCCc3cccc(F)c3)C2)cn1. The van der Waals surface area contributed by atoms with Crippen LogP contribution in [0.2, 0.25) is 0 Å². The number of aryl methyl sites for hydroxylation is 2. The van der Waals surface area contributed by atoms with Crippen LogP contribution >= 0.6 is 0 Å². The minimum absolute atomic E-state index is 0.00734. The van der Waals surface area contributed by atoms with Crippen LogP contribution < -0.4 is 5.32 Å². The molecule has 6 heteroatoms. The van der Waals surface area contributed by atoms with Gasteiger partial charge < -0.3 is 10.2 Å². The molecule has 0 saturated carbocycles. The molecule has 1 N–H and O–H groups in total. The van der Waals surface area contributed by atoms with Crippen LogP contribution in [0.1, 0.15) is 24.0 Å². The lowest BCUT2D eigenvalue weighted by atomic mass is 10.0. The van der Waals surface area contributed by atoms with E-state index < -0.39 is 0 Å². The third-order valence-electron chi connectivity index (χ3n) is 4.66. The van der Waals surface area contributed by atoms with Crippen LogP contribution in [0.25, 0.3) is 0 Å². The zero-order valence-corrected chi connectivity index (χ0v) is 14.6. The predicted octanol–water partition coefficient (Wildman–Crippen LogP) is 2.77. The van der Waals surface area contributed by atoms with Gasteiger partial charge >= 0.3 is 6.03 Å². The molecule has 134 valence electrons. The van der Waals surface area contributed by atoms with Gasteiger partial charge in [-0.05, 0) is 54.9 Å². The maximum absolute atomic E-state index is 13.1. The van der Waals surface area contributed by atoms with Gasteiger partial charge in [0.15, 0.2) is 0 Å². The summed E-state index contributed by atoms with van der Waals surface area (Å²) in [4.78, 5) is 14.1. The lowest BCUT2D eigenvalue weighted by Gasteiger charge is -2.17. The average Bonchev–Trinajstić information content (AvgIpc) is 3.21. The number of amides is 2. The molecule has 5 nitrogen and oxygen atoms in total. The van der Waals surface area contributed by atoms with Crippen molar-refractivity contribution in [3.05, 3.63) is 53.6 Å². The fourth-order valence-electron chi connectivity index (χ4n) is 3.39. The van der Waals surface area contributed by atoms with Gasteiger partial charge in [0.25, 0.3) is 0 Å². The number of halogens is 1. The molecule has 1 saturated heterocycles. The minimum atomic E-state index is -0.210. The lowest BCUT2D eigenvalue weighted by molar-refractivity contribution is 0.207. The highest BCUT2D eigenvalue weighted by molar-refractivity contribution is 5.74. The average molecular weight is 344 g/mol. The Morgan fingerprint density at radius 2 is 2.28 bits per heavy atom. The molecule has 2 heterocycles. The Hall–Kier alpha value is -2.37. The van der Waals surface area contributed by atoms with Gasteiger partial charge in [-0.15, -0.1) is 0 Å². The summed E-state index contributed by atoms with van der Waals surface area (Å²) in [6.45, 7) is 2.21. The van der Waals surface area contributed by atoms with E-state index in [1.807, 2.05) is 35.1 Å². The molecule has 1 fully saturated rings. The number of hydrogen-bond donors (Lipinski definition) is 1. The molecule has 0 spiro atoms. The molecule has 1 aromatic carbocycles. The predicted molar refractivity (Wildman–Crippen MR) is 94.7 cm³/mol. The molecule has 1 aliphatic heterocycles. The van der Waals surface area contributed by atoms with Crippen molar-refractivity contribution in [3.63, 3.8) is 0 Å². The molecule has 0 bridgehead atoms. The third-order valence-corrected chi connectivity index (χ3v) is 4.66. The Kier molecular flexibility index (Phi) is 5.68. The number of likely N-dealkylation sites (tertiary alicyclic amines) is 1. The number of nitrogens with zero attached hydrogens (tertiary/aromatic N) is 3. The number of benzene rings is 1. The van der Waals surface area contributed by atoms with Gasteiger partial charge in [-0.25, -0.2) is 9.18 Å². The largest absolute Gasteiger partial charge is 0.338 e. The van der Waals surface area contributed by atoms with E-state index in [-0.39, 0.29) is 11.8 Å². The first-order valence-electron chi connectivity index (χ1n) is 8.85. The quantitative estimate of drug-likeness (QED) is 0.819. The Balaban J connectivity index is 1.36.